The van der Waals surface area contributed by atoms with Crippen LogP contribution >= 0.6 is 0 Å². The van der Waals surface area contributed by atoms with Crippen molar-refractivity contribution in [3.8, 4) is 0 Å². The van der Waals surface area contributed by atoms with Gasteiger partial charge in [0.25, 0.3) is 0 Å². The summed E-state index contributed by atoms with van der Waals surface area (Å²) in [6.07, 6.45) is 0.782. The number of hydrogen-bond acceptors (Lipinski definition) is 3. The van der Waals surface area contributed by atoms with Crippen molar-refractivity contribution in [2.75, 3.05) is 0 Å². The fourth-order valence-electron chi connectivity index (χ4n) is 2.11. The Hall–Kier alpha value is -0.980. The highest BCUT2D eigenvalue weighted by atomic mass is 32.2. The van der Waals surface area contributed by atoms with Gasteiger partial charge in [0.15, 0.2) is 0 Å². The molecule has 1 fully saturated rings. The van der Waals surface area contributed by atoms with E-state index in [0.717, 1.165) is 12.0 Å². The molecule has 1 unspecified atom stereocenters. The standard InChI is InChI=1S/C15H23FN2O2S/c1-10(2)17-9-11-5-6-13(12(16)7-11)21(19,20)18-14-8-15(14,3)4/h5-7,10,14,17-18H,8-9H2,1-4H3. The van der Waals surface area contributed by atoms with Crippen LogP contribution in [-0.4, -0.2) is 20.5 Å². The second-order valence-corrected chi connectivity index (χ2v) is 8.35. The van der Waals surface area contributed by atoms with Crippen molar-refractivity contribution in [1.29, 1.82) is 0 Å². The molecule has 1 aromatic carbocycles. The first-order chi connectivity index (χ1) is 9.62. The number of sulfonamides is 1. The van der Waals surface area contributed by atoms with Crippen molar-refractivity contribution in [3.05, 3.63) is 29.6 Å². The molecule has 0 radical (unpaired) electrons. The van der Waals surface area contributed by atoms with E-state index in [2.05, 4.69) is 10.0 Å². The zero-order chi connectivity index (χ0) is 15.8. The molecular formula is C15H23FN2O2S. The van der Waals surface area contributed by atoms with Crippen LogP contribution < -0.4 is 10.0 Å². The first kappa shape index (κ1) is 16.4. The molecule has 1 aliphatic rings. The third-order valence-corrected chi connectivity index (χ3v) is 5.32. The SMILES string of the molecule is CC(C)NCc1ccc(S(=O)(=O)NC2CC2(C)C)c(F)c1. The quantitative estimate of drug-likeness (QED) is 0.848. The first-order valence-corrected chi connectivity index (χ1v) is 8.64. The fourth-order valence-corrected chi connectivity index (χ4v) is 3.58. The maximum atomic E-state index is 14.1. The molecule has 0 saturated heterocycles. The highest BCUT2D eigenvalue weighted by Gasteiger charge is 2.48. The van der Waals surface area contributed by atoms with Gasteiger partial charge in [-0.2, -0.15) is 0 Å². The Kier molecular flexibility index (Phi) is 4.42. The van der Waals surface area contributed by atoms with Crippen molar-refractivity contribution in [3.63, 3.8) is 0 Å². The molecule has 1 saturated carbocycles. The summed E-state index contributed by atoms with van der Waals surface area (Å²) in [7, 11) is -3.79. The molecule has 0 spiro atoms. The second kappa shape index (κ2) is 5.66. The molecule has 6 heteroatoms. The second-order valence-electron chi connectivity index (χ2n) is 6.67. The Bertz CT molecular complexity index is 627. The van der Waals surface area contributed by atoms with Gasteiger partial charge in [-0.25, -0.2) is 17.5 Å². The van der Waals surface area contributed by atoms with E-state index in [9.17, 15) is 12.8 Å². The lowest BCUT2D eigenvalue weighted by molar-refractivity contribution is 0.538. The number of nitrogens with one attached hydrogen (secondary N) is 2. The van der Waals surface area contributed by atoms with Gasteiger partial charge >= 0.3 is 0 Å². The zero-order valence-electron chi connectivity index (χ0n) is 12.9. The predicted octanol–water partition coefficient (Wildman–Crippen LogP) is 2.40. The summed E-state index contributed by atoms with van der Waals surface area (Å²) in [4.78, 5) is -0.279. The monoisotopic (exact) mass is 314 g/mol. The van der Waals surface area contributed by atoms with Gasteiger partial charge in [-0.05, 0) is 29.5 Å². The van der Waals surface area contributed by atoms with Crippen LogP contribution in [-0.2, 0) is 16.6 Å². The smallest absolute Gasteiger partial charge is 0.243 e. The summed E-state index contributed by atoms with van der Waals surface area (Å²) in [5, 5.41) is 3.17. The molecule has 0 aliphatic heterocycles. The highest BCUT2D eigenvalue weighted by Crippen LogP contribution is 2.45. The van der Waals surface area contributed by atoms with E-state index >= 15 is 0 Å². The van der Waals surface area contributed by atoms with E-state index in [4.69, 9.17) is 0 Å². The molecule has 0 bridgehead atoms. The highest BCUT2D eigenvalue weighted by molar-refractivity contribution is 7.89. The van der Waals surface area contributed by atoms with Crippen molar-refractivity contribution >= 4 is 10.0 Å². The molecule has 1 aliphatic carbocycles. The van der Waals surface area contributed by atoms with Gasteiger partial charge in [0, 0.05) is 18.6 Å². The normalized spacial score (nSPS) is 20.8. The number of halogens is 1. The van der Waals surface area contributed by atoms with E-state index in [0.29, 0.717) is 6.54 Å². The summed E-state index contributed by atoms with van der Waals surface area (Å²) in [6.45, 7) is 8.47. The van der Waals surface area contributed by atoms with Crippen molar-refractivity contribution in [2.24, 2.45) is 5.41 Å². The average Bonchev–Trinajstić information content (AvgIpc) is 2.92. The molecule has 0 amide bonds. The first-order valence-electron chi connectivity index (χ1n) is 7.16. The van der Waals surface area contributed by atoms with E-state index in [1.54, 1.807) is 6.07 Å². The molecule has 1 atom stereocenters. The minimum atomic E-state index is -3.79. The maximum absolute atomic E-state index is 14.1. The van der Waals surface area contributed by atoms with E-state index in [1.807, 2.05) is 27.7 Å². The van der Waals surface area contributed by atoms with Crippen LogP contribution in [0.2, 0.25) is 0 Å². The summed E-state index contributed by atoms with van der Waals surface area (Å²) < 4.78 is 41.1. The molecule has 118 valence electrons. The summed E-state index contributed by atoms with van der Waals surface area (Å²) in [6, 6.07) is 4.44. The molecule has 1 aromatic rings. The third-order valence-electron chi connectivity index (χ3n) is 3.81. The van der Waals surface area contributed by atoms with Crippen LogP contribution in [0.5, 0.6) is 0 Å². The molecule has 0 aromatic heterocycles. The molecule has 2 N–H and O–H groups in total. The largest absolute Gasteiger partial charge is 0.310 e. The van der Waals surface area contributed by atoms with Crippen molar-refractivity contribution < 1.29 is 12.8 Å². The minimum Gasteiger partial charge on any atom is -0.310 e. The van der Waals surface area contributed by atoms with Gasteiger partial charge in [0.05, 0.1) is 0 Å². The number of rotatable bonds is 6. The van der Waals surface area contributed by atoms with Gasteiger partial charge < -0.3 is 5.32 Å². The van der Waals surface area contributed by atoms with Gasteiger partial charge in [-0.1, -0.05) is 33.8 Å². The molecule has 2 rings (SSSR count). The van der Waals surface area contributed by atoms with Crippen LogP contribution in [0, 0.1) is 11.2 Å². The summed E-state index contributed by atoms with van der Waals surface area (Å²) in [5.74, 6) is -0.705. The Labute approximate surface area is 126 Å². The van der Waals surface area contributed by atoms with Crippen LogP contribution in [0.15, 0.2) is 23.1 Å². The predicted molar refractivity (Wildman–Crippen MR) is 80.9 cm³/mol. The number of benzene rings is 1. The average molecular weight is 314 g/mol. The van der Waals surface area contributed by atoms with Gasteiger partial charge in [0.2, 0.25) is 10.0 Å². The topological polar surface area (TPSA) is 58.2 Å². The number of hydrogen-bond donors (Lipinski definition) is 2. The lowest BCUT2D eigenvalue weighted by atomic mass is 10.2. The van der Waals surface area contributed by atoms with Gasteiger partial charge in [-0.3, -0.25) is 0 Å². The van der Waals surface area contributed by atoms with Crippen LogP contribution in [0.25, 0.3) is 0 Å². The summed E-state index contributed by atoms with van der Waals surface area (Å²) >= 11 is 0. The Balaban J connectivity index is 2.13. The molecule has 4 nitrogen and oxygen atoms in total. The van der Waals surface area contributed by atoms with Crippen LogP contribution in [0.1, 0.15) is 39.7 Å². The third kappa shape index (κ3) is 4.02. The Morgan fingerprint density at radius 3 is 2.48 bits per heavy atom. The minimum absolute atomic E-state index is 0.0370. The Morgan fingerprint density at radius 1 is 1.38 bits per heavy atom. The lowest BCUT2D eigenvalue weighted by Gasteiger charge is -2.11. The molecule has 21 heavy (non-hydrogen) atoms. The zero-order valence-corrected chi connectivity index (χ0v) is 13.7. The van der Waals surface area contributed by atoms with Crippen LogP contribution in [0.4, 0.5) is 4.39 Å². The van der Waals surface area contributed by atoms with Gasteiger partial charge in [-0.15, -0.1) is 0 Å². The maximum Gasteiger partial charge on any atom is 0.243 e. The lowest BCUT2D eigenvalue weighted by Crippen LogP contribution is -2.29. The Morgan fingerprint density at radius 2 is 2.00 bits per heavy atom. The van der Waals surface area contributed by atoms with E-state index in [1.165, 1.54) is 12.1 Å². The van der Waals surface area contributed by atoms with E-state index in [-0.39, 0.29) is 22.4 Å². The molecule has 0 heterocycles. The van der Waals surface area contributed by atoms with E-state index < -0.39 is 15.8 Å². The summed E-state index contributed by atoms with van der Waals surface area (Å²) in [5.41, 5.74) is 0.692. The van der Waals surface area contributed by atoms with Crippen LogP contribution in [0.3, 0.4) is 0 Å². The van der Waals surface area contributed by atoms with Gasteiger partial charge in [0.1, 0.15) is 10.7 Å². The van der Waals surface area contributed by atoms with Crippen molar-refractivity contribution in [1.82, 2.24) is 10.0 Å². The van der Waals surface area contributed by atoms with Crippen molar-refractivity contribution in [2.45, 2.75) is 57.6 Å². The molecular weight excluding hydrogens is 291 g/mol. The fraction of sp³-hybridized carbons (Fsp3) is 0.600.